The fourth-order valence-corrected chi connectivity index (χ4v) is 1.45. The number of aliphatic carboxylic acids is 1. The topological polar surface area (TPSA) is 89.7 Å². The van der Waals surface area contributed by atoms with Gasteiger partial charge in [0.05, 0.1) is 16.4 Å². The van der Waals surface area contributed by atoms with Gasteiger partial charge >= 0.3 is 12.1 Å². The van der Waals surface area contributed by atoms with Gasteiger partial charge in [0, 0.05) is 12.1 Å². The molecule has 0 radical (unpaired) electrons. The van der Waals surface area contributed by atoms with E-state index in [0.717, 1.165) is 18.2 Å². The Morgan fingerprint density at radius 1 is 1.50 bits per heavy atom. The summed E-state index contributed by atoms with van der Waals surface area (Å²) in [6.07, 6.45) is -8.82. The van der Waals surface area contributed by atoms with Crippen molar-refractivity contribution in [1.29, 1.82) is 0 Å². The van der Waals surface area contributed by atoms with Gasteiger partial charge < -0.3 is 9.84 Å². The van der Waals surface area contributed by atoms with Crippen molar-refractivity contribution in [2.45, 2.75) is 18.7 Å². The van der Waals surface area contributed by atoms with Gasteiger partial charge in [0.2, 0.25) is 6.10 Å². The summed E-state index contributed by atoms with van der Waals surface area (Å²) in [6, 6.07) is 2.58. The summed E-state index contributed by atoms with van der Waals surface area (Å²) in [4.78, 5) is 20.0. The Hall–Kier alpha value is -2.03. The molecule has 0 amide bonds. The zero-order chi connectivity index (χ0) is 15.5. The van der Waals surface area contributed by atoms with Gasteiger partial charge in [-0.3, -0.25) is 14.9 Å². The van der Waals surface area contributed by atoms with E-state index >= 15 is 0 Å². The van der Waals surface area contributed by atoms with Gasteiger partial charge in [-0.05, 0) is 6.07 Å². The Kier molecular flexibility index (Phi) is 4.77. The van der Waals surface area contributed by atoms with Crippen molar-refractivity contribution in [3.8, 4) is 5.75 Å². The Bertz CT molecular complexity index is 534. The third kappa shape index (κ3) is 4.26. The number of rotatable bonds is 5. The Labute approximate surface area is 114 Å². The highest BCUT2D eigenvalue weighted by Crippen LogP contribution is 2.33. The first-order valence-electron chi connectivity index (χ1n) is 5.00. The molecule has 0 aliphatic heterocycles. The summed E-state index contributed by atoms with van der Waals surface area (Å²) < 4.78 is 42.2. The highest BCUT2D eigenvalue weighted by molar-refractivity contribution is 6.32. The molecular formula is C10H7ClF3NO5. The first-order chi connectivity index (χ1) is 9.11. The summed E-state index contributed by atoms with van der Waals surface area (Å²) in [7, 11) is 0. The van der Waals surface area contributed by atoms with Crippen LogP contribution in [-0.4, -0.2) is 28.3 Å². The quantitative estimate of drug-likeness (QED) is 0.666. The predicted molar refractivity (Wildman–Crippen MR) is 60.8 cm³/mol. The van der Waals surface area contributed by atoms with E-state index in [9.17, 15) is 28.1 Å². The van der Waals surface area contributed by atoms with E-state index < -0.39 is 46.1 Å². The smallest absolute Gasteiger partial charge is 0.426 e. The van der Waals surface area contributed by atoms with Crippen molar-refractivity contribution in [2.24, 2.45) is 0 Å². The fourth-order valence-electron chi connectivity index (χ4n) is 1.23. The lowest BCUT2D eigenvalue weighted by atomic mass is 10.2. The number of carboxylic acid groups (broad SMARTS) is 1. The number of benzene rings is 1. The first kappa shape index (κ1) is 16.0. The maximum Gasteiger partial charge on any atom is 0.426 e. The van der Waals surface area contributed by atoms with Crippen LogP contribution in [0.25, 0.3) is 0 Å². The Morgan fingerprint density at radius 3 is 2.50 bits per heavy atom. The van der Waals surface area contributed by atoms with Crippen molar-refractivity contribution >= 4 is 23.3 Å². The molecule has 0 saturated carbocycles. The molecule has 1 N–H and O–H groups in total. The molecule has 0 aromatic heterocycles. The predicted octanol–water partition coefficient (Wildman–Crippen LogP) is 3.03. The second-order valence-electron chi connectivity index (χ2n) is 3.62. The third-order valence-electron chi connectivity index (χ3n) is 2.12. The second kappa shape index (κ2) is 5.95. The van der Waals surface area contributed by atoms with Gasteiger partial charge in [0.25, 0.3) is 5.69 Å². The monoisotopic (exact) mass is 313 g/mol. The number of non-ortho nitro benzene ring substituents is 1. The average Bonchev–Trinajstić information content (AvgIpc) is 2.28. The molecule has 0 aliphatic rings. The number of nitro benzene ring substituents is 1. The third-order valence-corrected chi connectivity index (χ3v) is 2.42. The number of alkyl halides is 3. The van der Waals surface area contributed by atoms with Crippen LogP contribution < -0.4 is 4.74 Å². The van der Waals surface area contributed by atoms with Crippen molar-refractivity contribution < 1.29 is 32.7 Å². The van der Waals surface area contributed by atoms with Crippen LogP contribution in [0.5, 0.6) is 5.75 Å². The van der Waals surface area contributed by atoms with Crippen LogP contribution in [0.1, 0.15) is 6.42 Å². The van der Waals surface area contributed by atoms with E-state index in [0.29, 0.717) is 0 Å². The number of hydrogen-bond donors (Lipinski definition) is 1. The number of nitro groups is 1. The van der Waals surface area contributed by atoms with Crippen LogP contribution in [0, 0.1) is 10.1 Å². The van der Waals surface area contributed by atoms with Crippen LogP contribution in [0.2, 0.25) is 5.02 Å². The molecule has 1 unspecified atom stereocenters. The standard InChI is InChI=1S/C10H7ClF3NO5/c11-6-3-5(15(18)19)1-2-7(6)20-8(4-9(16)17)10(12,13)14/h1-3,8H,4H2,(H,16,17). The normalized spacial score (nSPS) is 12.8. The summed E-state index contributed by atoms with van der Waals surface area (Å²) >= 11 is 5.56. The molecule has 1 rings (SSSR count). The van der Waals surface area contributed by atoms with Crippen LogP contribution in [0.3, 0.4) is 0 Å². The van der Waals surface area contributed by atoms with E-state index in [2.05, 4.69) is 4.74 Å². The van der Waals surface area contributed by atoms with Crippen LogP contribution >= 0.6 is 11.6 Å². The lowest BCUT2D eigenvalue weighted by Gasteiger charge is -2.20. The zero-order valence-electron chi connectivity index (χ0n) is 9.56. The molecule has 0 aliphatic carbocycles. The highest BCUT2D eigenvalue weighted by Gasteiger charge is 2.43. The first-order valence-corrected chi connectivity index (χ1v) is 5.38. The number of hydrogen-bond acceptors (Lipinski definition) is 4. The molecule has 0 saturated heterocycles. The maximum atomic E-state index is 12.6. The highest BCUT2D eigenvalue weighted by atomic mass is 35.5. The molecule has 0 fully saturated rings. The summed E-state index contributed by atoms with van der Waals surface area (Å²) in [6.45, 7) is 0. The number of nitrogens with zero attached hydrogens (tertiary/aromatic N) is 1. The minimum Gasteiger partial charge on any atom is -0.481 e. The fraction of sp³-hybridized carbons (Fsp3) is 0.300. The maximum absolute atomic E-state index is 12.6. The molecule has 20 heavy (non-hydrogen) atoms. The molecule has 110 valence electrons. The number of carbonyl (C=O) groups is 1. The molecule has 1 aromatic rings. The summed E-state index contributed by atoms with van der Waals surface area (Å²) in [5.41, 5.74) is -0.427. The van der Waals surface area contributed by atoms with E-state index in [1.54, 1.807) is 0 Å². The average molecular weight is 314 g/mol. The number of carboxylic acids is 1. The number of ether oxygens (including phenoxy) is 1. The van der Waals surface area contributed by atoms with Gasteiger partial charge in [0.1, 0.15) is 5.75 Å². The Balaban J connectivity index is 3.00. The van der Waals surface area contributed by atoms with Gasteiger partial charge in [0.15, 0.2) is 0 Å². The lowest BCUT2D eigenvalue weighted by molar-refractivity contribution is -0.384. The van der Waals surface area contributed by atoms with Gasteiger partial charge in [-0.15, -0.1) is 0 Å². The van der Waals surface area contributed by atoms with Crippen molar-refractivity contribution in [2.75, 3.05) is 0 Å². The molecule has 6 nitrogen and oxygen atoms in total. The van der Waals surface area contributed by atoms with Crippen molar-refractivity contribution in [3.63, 3.8) is 0 Å². The lowest BCUT2D eigenvalue weighted by Crippen LogP contribution is -2.36. The molecule has 0 spiro atoms. The van der Waals surface area contributed by atoms with E-state index in [1.165, 1.54) is 0 Å². The van der Waals surface area contributed by atoms with Crippen LogP contribution in [0.15, 0.2) is 18.2 Å². The Morgan fingerprint density at radius 2 is 2.10 bits per heavy atom. The van der Waals surface area contributed by atoms with E-state index in [-0.39, 0.29) is 0 Å². The van der Waals surface area contributed by atoms with Gasteiger partial charge in [-0.1, -0.05) is 11.6 Å². The molecule has 0 heterocycles. The molecule has 1 aromatic carbocycles. The molecule has 10 heteroatoms. The minimum atomic E-state index is -4.91. The molecule has 0 bridgehead atoms. The summed E-state index contributed by atoms with van der Waals surface area (Å²) in [5.74, 6) is -2.19. The van der Waals surface area contributed by atoms with Crippen molar-refractivity contribution in [3.05, 3.63) is 33.3 Å². The van der Waals surface area contributed by atoms with Gasteiger partial charge in [-0.25, -0.2) is 0 Å². The second-order valence-corrected chi connectivity index (χ2v) is 4.03. The SMILES string of the molecule is O=C(O)CC(Oc1ccc([N+](=O)[O-])cc1Cl)C(F)(F)F. The zero-order valence-corrected chi connectivity index (χ0v) is 10.3. The molecular weight excluding hydrogens is 307 g/mol. The van der Waals surface area contributed by atoms with E-state index in [1.807, 2.05) is 0 Å². The van der Waals surface area contributed by atoms with E-state index in [4.69, 9.17) is 16.7 Å². The largest absolute Gasteiger partial charge is 0.481 e. The van der Waals surface area contributed by atoms with Crippen LogP contribution in [-0.2, 0) is 4.79 Å². The summed E-state index contributed by atoms with van der Waals surface area (Å²) in [5, 5.41) is 18.4. The van der Waals surface area contributed by atoms with Crippen LogP contribution in [0.4, 0.5) is 18.9 Å². The molecule has 1 atom stereocenters. The van der Waals surface area contributed by atoms with Gasteiger partial charge in [-0.2, -0.15) is 13.2 Å². The minimum absolute atomic E-state index is 0.418. The van der Waals surface area contributed by atoms with Crippen molar-refractivity contribution in [1.82, 2.24) is 0 Å². The number of halogens is 4.